The van der Waals surface area contributed by atoms with E-state index < -0.39 is 31.2 Å². The van der Waals surface area contributed by atoms with Crippen LogP contribution in [0, 0.1) is 0 Å². The van der Waals surface area contributed by atoms with Gasteiger partial charge in [-0.05, 0) is 50.1 Å². The summed E-state index contributed by atoms with van der Waals surface area (Å²) in [5.74, 6) is 0. The van der Waals surface area contributed by atoms with Crippen molar-refractivity contribution in [2.24, 2.45) is 0 Å². The van der Waals surface area contributed by atoms with Gasteiger partial charge in [0.2, 0.25) is 0 Å². The molecule has 3 rings (SSSR count). The third-order valence-corrected chi connectivity index (χ3v) is 3.04. The molecule has 1 fully saturated rings. The molecule has 5 heteroatoms. The van der Waals surface area contributed by atoms with Crippen LogP contribution in [0.3, 0.4) is 0 Å². The van der Waals surface area contributed by atoms with E-state index in [9.17, 15) is 4.79 Å². The van der Waals surface area contributed by atoms with E-state index in [2.05, 4.69) is 0 Å². The first-order chi connectivity index (χ1) is 13.2. The number of carbonyl (C=O) groups excluding carboxylic acids is 1. The summed E-state index contributed by atoms with van der Waals surface area (Å²) in [5.41, 5.74) is 0.410. The smallest absolute Gasteiger partial charge is 0.407 e. The number of alkyl carbamates (subject to hydrolysis) is 1. The standard InChI is InChI=1S/C16H21N3O2/c1-19(2)6-5-12-9-17-15-4-3-11(8-14(12)15)7-13-10-21-16(20)18-13/h3-4,8-9,13,17H,5-7,10H2,1-2H3,(H,18,20)/t13-/m0/s1/i5D2,6D2,9D,13D/hD2. The van der Waals surface area contributed by atoms with Crippen LogP contribution in [0.25, 0.3) is 10.9 Å². The average Bonchev–Trinajstić information content (AvgIpc) is 3.03. The fourth-order valence-corrected chi connectivity index (χ4v) is 2.10. The number of H-pyrrole nitrogens is 1. The highest BCUT2D eigenvalue weighted by Crippen LogP contribution is 2.21. The SMILES string of the molecule is [2H]c1c(C([2H])([2H])C([2H])([2H])N(C)C)c2cc(C[C@@]3([2H])COC(=O)N3[2H])ccc2n1[2H]. The van der Waals surface area contributed by atoms with Crippen molar-refractivity contribution < 1.29 is 20.6 Å². The van der Waals surface area contributed by atoms with E-state index in [-0.39, 0.29) is 29.5 Å². The van der Waals surface area contributed by atoms with Gasteiger partial charge in [-0.25, -0.2) is 4.79 Å². The molecule has 0 saturated carbocycles. The molecule has 5 nitrogen and oxygen atoms in total. The van der Waals surface area contributed by atoms with E-state index in [1.165, 1.54) is 26.2 Å². The molecule has 21 heavy (non-hydrogen) atoms. The Balaban J connectivity index is 2.14. The van der Waals surface area contributed by atoms with Crippen LogP contribution in [0.5, 0.6) is 0 Å². The third-order valence-electron chi connectivity index (χ3n) is 3.04. The fraction of sp³-hybridized carbons (Fsp3) is 0.438. The molecule has 1 amide bonds. The van der Waals surface area contributed by atoms with Crippen molar-refractivity contribution in [3.63, 3.8) is 0 Å². The number of benzene rings is 1. The van der Waals surface area contributed by atoms with Crippen LogP contribution in [0.1, 0.15) is 19.4 Å². The Kier molecular flexibility index (Phi) is 2.01. The van der Waals surface area contributed by atoms with Crippen LogP contribution < -0.4 is 5.31 Å². The molecule has 0 radical (unpaired) electrons. The number of hydrogen-bond donors (Lipinski definition) is 2. The van der Waals surface area contributed by atoms with Crippen LogP contribution in [0.2, 0.25) is 2.82 Å². The van der Waals surface area contributed by atoms with E-state index in [0.29, 0.717) is 10.9 Å². The lowest BCUT2D eigenvalue weighted by atomic mass is 10.0. The van der Waals surface area contributed by atoms with Gasteiger partial charge in [0, 0.05) is 29.1 Å². The van der Waals surface area contributed by atoms with Gasteiger partial charge in [-0.2, -0.15) is 0 Å². The first-order valence-electron chi connectivity index (χ1n) is 10.4. The maximum Gasteiger partial charge on any atom is 0.407 e. The summed E-state index contributed by atoms with van der Waals surface area (Å²) in [4.78, 5) is 13.2. The minimum absolute atomic E-state index is 0.0856. The molecule has 1 aromatic heterocycles. The Bertz CT molecular complexity index is 977. The van der Waals surface area contributed by atoms with Gasteiger partial charge in [0.05, 0.1) is 8.76 Å². The summed E-state index contributed by atoms with van der Waals surface area (Å²) >= 11 is 0. The predicted octanol–water partition coefficient (Wildman–Crippen LogP) is 1.92. The molecule has 1 aromatic carbocycles. The summed E-state index contributed by atoms with van der Waals surface area (Å²) < 4.78 is 70.2. The molecule has 112 valence electrons. The molecule has 0 aliphatic carbocycles. The highest BCUT2D eigenvalue weighted by Gasteiger charge is 2.22. The molecule has 1 aliphatic rings. The molecule has 1 atom stereocenters. The quantitative estimate of drug-likeness (QED) is 0.886. The third kappa shape index (κ3) is 3.19. The molecule has 1 saturated heterocycles. The van der Waals surface area contributed by atoms with Gasteiger partial charge in [-0.3, -0.25) is 0 Å². The second-order valence-corrected chi connectivity index (χ2v) is 4.99. The number of aryl methyl sites for hydroxylation is 1. The molecule has 2 heterocycles. The molecule has 0 bridgehead atoms. The van der Waals surface area contributed by atoms with E-state index in [0.717, 1.165) is 9.88 Å². The molecule has 0 spiro atoms. The van der Waals surface area contributed by atoms with Crippen molar-refractivity contribution in [3.05, 3.63) is 35.5 Å². The van der Waals surface area contributed by atoms with E-state index in [4.69, 9.17) is 15.8 Å². The maximum absolute atomic E-state index is 11.4. The predicted molar refractivity (Wildman–Crippen MR) is 82.5 cm³/mol. The summed E-state index contributed by atoms with van der Waals surface area (Å²) in [7, 11) is 2.77. The Labute approximate surface area is 135 Å². The van der Waals surface area contributed by atoms with Crippen molar-refractivity contribution in [1.82, 2.24) is 15.2 Å². The summed E-state index contributed by atoms with van der Waals surface area (Å²) in [6.45, 7) is -2.76. The first-order valence-corrected chi connectivity index (χ1v) is 6.51. The zero-order chi connectivity index (χ0) is 21.9. The molecular weight excluding hydrogens is 266 g/mol. The van der Waals surface area contributed by atoms with Crippen LogP contribution in [-0.2, 0) is 17.5 Å². The zero-order valence-corrected chi connectivity index (χ0v) is 11.8. The topological polar surface area (TPSA) is 57.4 Å². The second kappa shape index (κ2) is 5.77. The highest BCUT2D eigenvalue weighted by molar-refractivity contribution is 5.84. The van der Waals surface area contributed by atoms with Crippen LogP contribution in [-0.4, -0.2) is 49.2 Å². The zero-order valence-electron chi connectivity index (χ0n) is 19.8. The Morgan fingerprint density at radius 3 is 3.19 bits per heavy atom. The second-order valence-electron chi connectivity index (χ2n) is 4.99. The van der Waals surface area contributed by atoms with Crippen LogP contribution >= 0.6 is 0 Å². The van der Waals surface area contributed by atoms with Gasteiger partial charge in [-0.1, -0.05) is 6.07 Å². The van der Waals surface area contributed by atoms with E-state index in [1.807, 2.05) is 0 Å². The lowest BCUT2D eigenvalue weighted by Crippen LogP contribution is -2.28. The Morgan fingerprint density at radius 2 is 2.48 bits per heavy atom. The molecule has 2 aromatic rings. The summed E-state index contributed by atoms with van der Waals surface area (Å²) in [6.07, 6.45) is -4.11. The highest BCUT2D eigenvalue weighted by atomic mass is 16.6. The Morgan fingerprint density at radius 1 is 1.62 bits per heavy atom. The largest absolute Gasteiger partial charge is 0.447 e. The maximum atomic E-state index is 11.4. The van der Waals surface area contributed by atoms with E-state index >= 15 is 0 Å². The Hall–Kier alpha value is -2.01. The number of cyclic esters (lactones) is 1. The van der Waals surface area contributed by atoms with Crippen molar-refractivity contribution in [2.45, 2.75) is 18.8 Å². The number of aromatic nitrogens is 1. The van der Waals surface area contributed by atoms with Crippen LogP contribution in [0.4, 0.5) is 4.79 Å². The number of ether oxygens (including phenoxy) is 1. The van der Waals surface area contributed by atoms with Gasteiger partial charge >= 0.3 is 6.09 Å². The number of hydrogen-bond acceptors (Lipinski definition) is 3. The number of amides is 1. The molecular formula is C16H21N3O2. The minimum atomic E-state index is -2.62. The number of fused-ring (bicyclic) bond motifs is 1. The lowest BCUT2D eigenvalue weighted by Gasteiger charge is -2.09. The molecule has 2 N–H and O–H groups in total. The number of aromatic amines is 1. The number of carbonyl (C=O) groups is 1. The number of likely N-dealkylation sites (N-methyl/N-ethyl adjacent to an activating group) is 1. The van der Waals surface area contributed by atoms with Crippen molar-refractivity contribution in [2.75, 3.05) is 27.2 Å². The van der Waals surface area contributed by atoms with Crippen LogP contribution in [0.15, 0.2) is 24.4 Å². The molecule has 0 unspecified atom stereocenters. The molecule has 1 aliphatic heterocycles. The minimum Gasteiger partial charge on any atom is -0.447 e. The number of nitrogens with zero attached hydrogens (tertiary/aromatic N) is 1. The monoisotopic (exact) mass is 295 g/mol. The van der Waals surface area contributed by atoms with Gasteiger partial charge < -0.3 is 19.9 Å². The number of rotatable bonds is 5. The normalized spacial score (nSPS) is 29.1. The van der Waals surface area contributed by atoms with E-state index in [1.54, 1.807) is 6.07 Å². The fourth-order valence-electron chi connectivity index (χ4n) is 2.10. The lowest BCUT2D eigenvalue weighted by molar-refractivity contribution is 0.177. The van der Waals surface area contributed by atoms with Crippen molar-refractivity contribution >= 4 is 17.0 Å². The number of nitrogens with one attached hydrogen (secondary N) is 2. The van der Waals surface area contributed by atoms with Gasteiger partial charge in [0.1, 0.15) is 6.61 Å². The van der Waals surface area contributed by atoms with Gasteiger partial charge in [0.15, 0.2) is 2.82 Å². The summed E-state index contributed by atoms with van der Waals surface area (Å²) in [6, 6.07) is 2.87. The van der Waals surface area contributed by atoms with Crippen molar-refractivity contribution in [3.8, 4) is 0 Å². The first kappa shape index (κ1) is 7.31. The van der Waals surface area contributed by atoms with Gasteiger partial charge in [0.25, 0.3) is 0 Å². The van der Waals surface area contributed by atoms with Gasteiger partial charge in [-0.15, -0.1) is 0 Å². The average molecular weight is 295 g/mol. The summed E-state index contributed by atoms with van der Waals surface area (Å²) in [5, 5.41) is 0.608. The van der Waals surface area contributed by atoms with Crippen molar-refractivity contribution in [1.29, 1.82) is 0 Å².